The molecule has 1 atom stereocenters. The van der Waals surface area contributed by atoms with Crippen molar-refractivity contribution in [2.24, 2.45) is 5.92 Å². The molecule has 0 aromatic heterocycles. The number of ether oxygens (including phenoxy) is 1. The van der Waals surface area contributed by atoms with Crippen LogP contribution in [-0.4, -0.2) is 59.9 Å². The number of rotatable bonds is 2. The first-order chi connectivity index (χ1) is 10.7. The summed E-state index contributed by atoms with van der Waals surface area (Å²) >= 11 is 0. The Bertz CT molecular complexity index is 478. The molecule has 2 saturated heterocycles. The number of hydrogen-bond acceptors (Lipinski definition) is 4. The van der Waals surface area contributed by atoms with Crippen molar-refractivity contribution in [3.05, 3.63) is 12.2 Å². The lowest BCUT2D eigenvalue weighted by molar-refractivity contribution is -0.162. The van der Waals surface area contributed by atoms with Crippen LogP contribution in [0.25, 0.3) is 0 Å². The topological polar surface area (TPSA) is 66.9 Å². The fourth-order valence-electron chi connectivity index (χ4n) is 3.53. The second-order valence-corrected chi connectivity index (χ2v) is 6.19. The standard InChI is InChI=1S/C16H22N2O4/c19-14-10-22-11-15(20)18(14)13-6-8-17(9-7-13)16(21)12-4-2-1-3-5-12/h1-2,12-13H,3-11H2/t12-/m0/s1. The lowest BCUT2D eigenvalue weighted by atomic mass is 9.92. The second kappa shape index (κ2) is 6.60. The van der Waals surface area contributed by atoms with Crippen molar-refractivity contribution in [1.82, 2.24) is 9.80 Å². The van der Waals surface area contributed by atoms with Gasteiger partial charge in [-0.25, -0.2) is 0 Å². The smallest absolute Gasteiger partial charge is 0.255 e. The van der Waals surface area contributed by atoms with Crippen LogP contribution in [0.15, 0.2) is 12.2 Å². The molecule has 2 heterocycles. The third-order valence-electron chi connectivity index (χ3n) is 4.75. The Morgan fingerprint density at radius 1 is 1.05 bits per heavy atom. The van der Waals surface area contributed by atoms with E-state index in [2.05, 4.69) is 12.2 Å². The summed E-state index contributed by atoms with van der Waals surface area (Å²) in [4.78, 5) is 39.5. The monoisotopic (exact) mass is 306 g/mol. The average Bonchev–Trinajstić information content (AvgIpc) is 2.55. The van der Waals surface area contributed by atoms with Crippen LogP contribution in [0.4, 0.5) is 0 Å². The molecular formula is C16H22N2O4. The Kier molecular flexibility index (Phi) is 4.57. The molecule has 0 N–H and O–H groups in total. The summed E-state index contributed by atoms with van der Waals surface area (Å²) in [6, 6.07) is -0.0841. The molecule has 2 fully saturated rings. The molecular weight excluding hydrogens is 284 g/mol. The number of hydrogen-bond donors (Lipinski definition) is 0. The number of piperidine rings is 1. The van der Waals surface area contributed by atoms with Gasteiger partial charge >= 0.3 is 0 Å². The molecule has 0 aromatic carbocycles. The van der Waals surface area contributed by atoms with Gasteiger partial charge in [0, 0.05) is 25.0 Å². The quantitative estimate of drug-likeness (QED) is 0.557. The van der Waals surface area contributed by atoms with Crippen molar-refractivity contribution in [2.45, 2.75) is 38.1 Å². The minimum Gasteiger partial charge on any atom is -0.362 e. The molecule has 0 bridgehead atoms. The molecule has 0 radical (unpaired) electrons. The van der Waals surface area contributed by atoms with Crippen LogP contribution >= 0.6 is 0 Å². The van der Waals surface area contributed by atoms with Crippen molar-refractivity contribution < 1.29 is 19.1 Å². The Labute approximate surface area is 130 Å². The van der Waals surface area contributed by atoms with E-state index in [0.717, 1.165) is 19.3 Å². The number of imide groups is 1. The predicted molar refractivity (Wildman–Crippen MR) is 78.8 cm³/mol. The predicted octanol–water partition coefficient (Wildman–Crippen LogP) is 0.719. The van der Waals surface area contributed by atoms with Gasteiger partial charge in [-0.3, -0.25) is 19.3 Å². The van der Waals surface area contributed by atoms with E-state index in [4.69, 9.17) is 4.74 Å². The van der Waals surface area contributed by atoms with E-state index in [0.29, 0.717) is 25.9 Å². The van der Waals surface area contributed by atoms with Crippen LogP contribution in [0.1, 0.15) is 32.1 Å². The summed E-state index contributed by atoms with van der Waals surface area (Å²) in [6.45, 7) is 1.22. The van der Waals surface area contributed by atoms with Gasteiger partial charge in [0.2, 0.25) is 5.91 Å². The van der Waals surface area contributed by atoms with Gasteiger partial charge < -0.3 is 9.64 Å². The number of carbonyl (C=O) groups excluding carboxylic acids is 3. The van der Waals surface area contributed by atoms with Crippen LogP contribution in [0.2, 0.25) is 0 Å². The summed E-state index contributed by atoms with van der Waals surface area (Å²) in [6.07, 6.45) is 8.30. The molecule has 0 unspecified atom stereocenters. The van der Waals surface area contributed by atoms with E-state index in [1.165, 1.54) is 4.90 Å². The SMILES string of the molecule is O=C([C@H]1CC=CCC1)N1CCC(N2C(=O)COCC2=O)CC1. The molecule has 120 valence electrons. The maximum absolute atomic E-state index is 12.5. The van der Waals surface area contributed by atoms with Gasteiger partial charge in [0.15, 0.2) is 0 Å². The van der Waals surface area contributed by atoms with Crippen molar-refractivity contribution in [2.75, 3.05) is 26.3 Å². The zero-order valence-electron chi connectivity index (χ0n) is 12.7. The third kappa shape index (κ3) is 3.06. The number of morpholine rings is 1. The third-order valence-corrected chi connectivity index (χ3v) is 4.75. The summed E-state index contributed by atoms with van der Waals surface area (Å²) in [5, 5.41) is 0. The normalized spacial score (nSPS) is 27.4. The molecule has 0 saturated carbocycles. The van der Waals surface area contributed by atoms with Crippen LogP contribution in [0.3, 0.4) is 0 Å². The molecule has 0 aromatic rings. The van der Waals surface area contributed by atoms with Crippen LogP contribution in [-0.2, 0) is 19.1 Å². The van der Waals surface area contributed by atoms with E-state index in [-0.39, 0.29) is 42.9 Å². The number of amides is 3. The van der Waals surface area contributed by atoms with Crippen molar-refractivity contribution in [1.29, 1.82) is 0 Å². The van der Waals surface area contributed by atoms with E-state index in [9.17, 15) is 14.4 Å². The van der Waals surface area contributed by atoms with Crippen molar-refractivity contribution >= 4 is 17.7 Å². The summed E-state index contributed by atoms with van der Waals surface area (Å²) in [7, 11) is 0. The Morgan fingerprint density at radius 3 is 2.32 bits per heavy atom. The lowest BCUT2D eigenvalue weighted by Crippen LogP contribution is -2.55. The molecule has 6 nitrogen and oxygen atoms in total. The molecule has 3 rings (SSSR count). The average molecular weight is 306 g/mol. The van der Waals surface area contributed by atoms with Crippen LogP contribution < -0.4 is 0 Å². The largest absolute Gasteiger partial charge is 0.362 e. The first kappa shape index (κ1) is 15.2. The molecule has 6 heteroatoms. The minimum atomic E-state index is -0.251. The Morgan fingerprint density at radius 2 is 1.73 bits per heavy atom. The number of allylic oxidation sites excluding steroid dienone is 2. The highest BCUT2D eigenvalue weighted by Gasteiger charge is 2.36. The summed E-state index contributed by atoms with van der Waals surface area (Å²) < 4.78 is 4.94. The zero-order valence-corrected chi connectivity index (χ0v) is 12.7. The van der Waals surface area contributed by atoms with E-state index < -0.39 is 0 Å². The van der Waals surface area contributed by atoms with Gasteiger partial charge in [0.1, 0.15) is 13.2 Å². The fourth-order valence-corrected chi connectivity index (χ4v) is 3.53. The highest BCUT2D eigenvalue weighted by Crippen LogP contribution is 2.24. The molecule has 3 amide bonds. The zero-order chi connectivity index (χ0) is 15.5. The van der Waals surface area contributed by atoms with Gasteiger partial charge in [-0.2, -0.15) is 0 Å². The second-order valence-electron chi connectivity index (χ2n) is 6.19. The van der Waals surface area contributed by atoms with Crippen LogP contribution in [0, 0.1) is 5.92 Å². The van der Waals surface area contributed by atoms with Crippen LogP contribution in [0.5, 0.6) is 0 Å². The van der Waals surface area contributed by atoms with Gasteiger partial charge in [0.25, 0.3) is 11.8 Å². The van der Waals surface area contributed by atoms with E-state index in [1.54, 1.807) is 0 Å². The molecule has 0 spiro atoms. The number of likely N-dealkylation sites (tertiary alicyclic amines) is 1. The molecule has 22 heavy (non-hydrogen) atoms. The van der Waals surface area contributed by atoms with E-state index in [1.807, 2.05) is 4.90 Å². The van der Waals surface area contributed by atoms with Gasteiger partial charge in [-0.05, 0) is 32.1 Å². The Balaban J connectivity index is 1.55. The molecule has 1 aliphatic carbocycles. The maximum Gasteiger partial charge on any atom is 0.255 e. The Hall–Kier alpha value is -1.69. The highest BCUT2D eigenvalue weighted by atomic mass is 16.5. The first-order valence-corrected chi connectivity index (χ1v) is 8.03. The first-order valence-electron chi connectivity index (χ1n) is 8.03. The maximum atomic E-state index is 12.5. The lowest BCUT2D eigenvalue weighted by Gasteiger charge is -2.39. The molecule has 3 aliphatic rings. The van der Waals surface area contributed by atoms with Gasteiger partial charge in [-0.1, -0.05) is 12.2 Å². The fraction of sp³-hybridized carbons (Fsp3) is 0.688. The van der Waals surface area contributed by atoms with Crippen molar-refractivity contribution in [3.8, 4) is 0 Å². The van der Waals surface area contributed by atoms with Gasteiger partial charge in [-0.15, -0.1) is 0 Å². The molecule has 2 aliphatic heterocycles. The highest BCUT2D eigenvalue weighted by molar-refractivity contribution is 5.98. The van der Waals surface area contributed by atoms with Crippen molar-refractivity contribution in [3.63, 3.8) is 0 Å². The number of nitrogens with zero attached hydrogens (tertiary/aromatic N) is 2. The van der Waals surface area contributed by atoms with Gasteiger partial charge in [0.05, 0.1) is 0 Å². The van der Waals surface area contributed by atoms with E-state index >= 15 is 0 Å². The summed E-state index contributed by atoms with van der Waals surface area (Å²) in [5.74, 6) is -0.174. The number of carbonyl (C=O) groups is 3. The summed E-state index contributed by atoms with van der Waals surface area (Å²) in [5.41, 5.74) is 0. The minimum absolute atomic E-state index is 0.0146.